The lowest BCUT2D eigenvalue weighted by Gasteiger charge is -2.14. The Morgan fingerprint density at radius 1 is 1.10 bits per heavy atom. The summed E-state index contributed by atoms with van der Waals surface area (Å²) in [5.74, 6) is -0.782. The van der Waals surface area contributed by atoms with Crippen molar-refractivity contribution in [1.82, 2.24) is 4.98 Å². The summed E-state index contributed by atoms with van der Waals surface area (Å²) in [6.45, 7) is 4.68. The van der Waals surface area contributed by atoms with Gasteiger partial charge in [-0.25, -0.2) is 9.78 Å². The average Bonchev–Trinajstić information content (AvgIpc) is 2.78. The lowest BCUT2D eigenvalue weighted by molar-refractivity contribution is -0.186. The molecule has 7 heteroatoms. The first-order chi connectivity index (χ1) is 15.0. The molecular weight excluding hydrogens is 401 g/mol. The van der Waals surface area contributed by atoms with Crippen molar-refractivity contribution in [3.8, 4) is 17.0 Å². The maximum atomic E-state index is 12.0. The average molecular weight is 423 g/mol. The molecule has 1 unspecified atom stereocenters. The van der Waals surface area contributed by atoms with Gasteiger partial charge in [0.1, 0.15) is 12.7 Å². The molecule has 3 rings (SSSR count). The summed E-state index contributed by atoms with van der Waals surface area (Å²) in [5.41, 5.74) is 6.15. The van der Waals surface area contributed by atoms with Crippen LogP contribution in [0.15, 0.2) is 60.8 Å². The summed E-state index contributed by atoms with van der Waals surface area (Å²) in [6.07, 6.45) is -0.0407. The number of carbonyl (C=O) groups excluding carboxylic acids is 2. The van der Waals surface area contributed by atoms with Crippen LogP contribution in [0.25, 0.3) is 11.1 Å². The molecule has 0 N–H and O–H groups in total. The van der Waals surface area contributed by atoms with E-state index in [-0.39, 0.29) is 6.47 Å². The molecule has 1 atom stereocenters. The third kappa shape index (κ3) is 5.66. The van der Waals surface area contributed by atoms with Crippen LogP contribution >= 0.6 is 0 Å². The number of carbonyl (C=O) groups is 2. The fraction of sp³-hybridized carbons (Fsp3) is 0.208. The van der Waals surface area contributed by atoms with Crippen molar-refractivity contribution in [3.05, 3.63) is 83.0 Å². The summed E-state index contributed by atoms with van der Waals surface area (Å²) in [6, 6.07) is 17.5. The highest BCUT2D eigenvalue weighted by atomic mass is 19.3. The highest BCUT2D eigenvalue weighted by Crippen LogP contribution is 2.28. The molecule has 0 radical (unpaired) electrons. The smallest absolute Gasteiger partial charge is 0.352 e. The third-order valence-electron chi connectivity index (χ3n) is 4.87. The van der Waals surface area contributed by atoms with Gasteiger partial charge in [0.15, 0.2) is 0 Å². The van der Waals surface area contributed by atoms with Gasteiger partial charge in [0.25, 0.3) is 6.47 Å². The molecule has 0 aliphatic rings. The number of nitrogens with zero attached hydrogens (tertiary/aromatic N) is 1. The van der Waals surface area contributed by atoms with E-state index in [0.29, 0.717) is 18.1 Å². The number of aromatic nitrogens is 1. The van der Waals surface area contributed by atoms with Gasteiger partial charge in [-0.15, -0.1) is 0 Å². The van der Waals surface area contributed by atoms with Gasteiger partial charge in [-0.1, -0.05) is 36.4 Å². The van der Waals surface area contributed by atoms with Gasteiger partial charge in [-0.2, -0.15) is 0 Å². The van der Waals surface area contributed by atoms with Crippen molar-refractivity contribution in [2.75, 3.05) is 0 Å². The van der Waals surface area contributed by atoms with Gasteiger partial charge in [0.05, 0.1) is 6.42 Å². The summed E-state index contributed by atoms with van der Waals surface area (Å²) < 4.78 is 22.6. The standard InChI is InChI=1S/C24H22FNO5/c1-16-5-3-6-17(2)24(16)19-8-4-7-18(11-19)14-29-22-10-9-20(13-26-22)21(30-15-27)12-23(28)31-25/h3-11,13,15,21H,12,14H2,1-2H3. The zero-order valence-corrected chi connectivity index (χ0v) is 17.2. The summed E-state index contributed by atoms with van der Waals surface area (Å²) in [5, 5.41) is 0. The maximum Gasteiger partial charge on any atom is 0.352 e. The van der Waals surface area contributed by atoms with Gasteiger partial charge in [-0.3, -0.25) is 9.74 Å². The van der Waals surface area contributed by atoms with Crippen molar-refractivity contribution in [2.45, 2.75) is 33.0 Å². The van der Waals surface area contributed by atoms with Gasteiger partial charge < -0.3 is 9.47 Å². The van der Waals surface area contributed by atoms with Crippen LogP contribution in [0.5, 0.6) is 5.88 Å². The molecule has 31 heavy (non-hydrogen) atoms. The molecule has 0 aliphatic heterocycles. The van der Waals surface area contributed by atoms with E-state index in [2.05, 4.69) is 48.0 Å². The molecule has 6 nitrogen and oxygen atoms in total. The lowest BCUT2D eigenvalue weighted by atomic mass is 9.95. The third-order valence-corrected chi connectivity index (χ3v) is 4.87. The maximum absolute atomic E-state index is 12.0. The van der Waals surface area contributed by atoms with Gasteiger partial charge >= 0.3 is 5.97 Å². The monoisotopic (exact) mass is 423 g/mol. The van der Waals surface area contributed by atoms with E-state index in [4.69, 9.17) is 9.47 Å². The molecular formula is C24H22FNO5. The lowest BCUT2D eigenvalue weighted by Crippen LogP contribution is -2.11. The fourth-order valence-electron chi connectivity index (χ4n) is 3.41. The molecule has 1 heterocycles. The van der Waals surface area contributed by atoms with Gasteiger partial charge in [0, 0.05) is 22.4 Å². The molecule has 0 spiro atoms. The second kappa shape index (κ2) is 10.3. The Balaban J connectivity index is 1.69. The second-order valence-corrected chi connectivity index (χ2v) is 7.06. The van der Waals surface area contributed by atoms with Crippen LogP contribution in [0.2, 0.25) is 0 Å². The zero-order chi connectivity index (χ0) is 22.2. The quantitative estimate of drug-likeness (QED) is 0.452. The number of hydrogen-bond donors (Lipinski definition) is 0. The number of benzene rings is 2. The summed E-state index contributed by atoms with van der Waals surface area (Å²) in [7, 11) is 0. The van der Waals surface area contributed by atoms with Crippen LogP contribution < -0.4 is 4.74 Å². The minimum Gasteiger partial charge on any atom is -0.473 e. The van der Waals surface area contributed by atoms with Crippen LogP contribution in [0.1, 0.15) is 34.8 Å². The van der Waals surface area contributed by atoms with Crippen molar-refractivity contribution < 1.29 is 28.5 Å². The van der Waals surface area contributed by atoms with Gasteiger partial charge in [0.2, 0.25) is 5.88 Å². The van der Waals surface area contributed by atoms with E-state index in [1.54, 1.807) is 12.1 Å². The molecule has 0 aliphatic carbocycles. The number of ether oxygens (including phenoxy) is 2. The number of pyridine rings is 1. The van der Waals surface area contributed by atoms with E-state index in [1.165, 1.54) is 22.9 Å². The van der Waals surface area contributed by atoms with E-state index >= 15 is 0 Å². The first kappa shape index (κ1) is 22.0. The molecule has 0 bridgehead atoms. The van der Waals surface area contributed by atoms with E-state index < -0.39 is 18.5 Å². The van der Waals surface area contributed by atoms with Crippen LogP contribution in [0.4, 0.5) is 4.53 Å². The molecule has 0 saturated carbocycles. The summed E-state index contributed by atoms with van der Waals surface area (Å²) >= 11 is 0. The Bertz CT molecular complexity index is 1030. The van der Waals surface area contributed by atoms with E-state index in [9.17, 15) is 14.1 Å². The Hall–Kier alpha value is -3.74. The highest BCUT2D eigenvalue weighted by molar-refractivity contribution is 5.71. The Labute approximate surface area is 179 Å². The number of aryl methyl sites for hydroxylation is 2. The normalized spacial score (nSPS) is 11.5. The molecule has 1 aromatic heterocycles. The van der Waals surface area contributed by atoms with Crippen molar-refractivity contribution in [2.24, 2.45) is 0 Å². The van der Waals surface area contributed by atoms with Crippen molar-refractivity contribution in [1.29, 1.82) is 0 Å². The fourth-order valence-corrected chi connectivity index (χ4v) is 3.41. The van der Waals surface area contributed by atoms with E-state index in [1.807, 2.05) is 18.2 Å². The van der Waals surface area contributed by atoms with Crippen molar-refractivity contribution >= 4 is 12.4 Å². The van der Waals surface area contributed by atoms with Crippen LogP contribution in [0.3, 0.4) is 0 Å². The molecule has 0 fully saturated rings. The van der Waals surface area contributed by atoms with Crippen LogP contribution in [0, 0.1) is 13.8 Å². The Morgan fingerprint density at radius 2 is 1.84 bits per heavy atom. The Morgan fingerprint density at radius 3 is 2.48 bits per heavy atom. The zero-order valence-electron chi connectivity index (χ0n) is 17.2. The Kier molecular flexibility index (Phi) is 7.32. The van der Waals surface area contributed by atoms with Crippen molar-refractivity contribution in [3.63, 3.8) is 0 Å². The highest BCUT2D eigenvalue weighted by Gasteiger charge is 2.19. The minimum atomic E-state index is -1.14. The second-order valence-electron chi connectivity index (χ2n) is 7.06. The molecule has 3 aromatic rings. The van der Waals surface area contributed by atoms with Gasteiger partial charge in [-0.05, 0) is 53.8 Å². The molecule has 0 amide bonds. The number of halogens is 1. The first-order valence-corrected chi connectivity index (χ1v) is 9.66. The SMILES string of the molecule is Cc1cccc(C)c1-c1cccc(COc2ccc(C(CC(=O)OF)OC=O)cn2)c1. The molecule has 2 aromatic carbocycles. The van der Waals surface area contributed by atoms with E-state index in [0.717, 1.165) is 11.1 Å². The minimum absolute atomic E-state index is 0.184. The number of rotatable bonds is 9. The summed E-state index contributed by atoms with van der Waals surface area (Å²) in [4.78, 5) is 29.1. The number of hydrogen-bond acceptors (Lipinski definition) is 6. The molecule has 160 valence electrons. The topological polar surface area (TPSA) is 74.7 Å². The van der Waals surface area contributed by atoms with Crippen LogP contribution in [-0.4, -0.2) is 17.4 Å². The predicted molar refractivity (Wildman–Crippen MR) is 112 cm³/mol. The first-order valence-electron chi connectivity index (χ1n) is 9.66. The van der Waals surface area contributed by atoms with Crippen LogP contribution in [-0.2, 0) is 25.9 Å². The predicted octanol–water partition coefficient (Wildman–Crippen LogP) is 4.98. The largest absolute Gasteiger partial charge is 0.473 e. The molecule has 0 saturated heterocycles.